The number of rotatable bonds is 7. The van der Waals surface area contributed by atoms with Crippen molar-refractivity contribution >= 4 is 30.5 Å². The molecular formula is C28H34ClF2N3O5. The highest BCUT2D eigenvalue weighted by Crippen LogP contribution is 2.41. The molecule has 1 atom stereocenters. The van der Waals surface area contributed by atoms with E-state index in [1.807, 2.05) is 30.3 Å². The zero-order chi connectivity index (χ0) is 27.5. The van der Waals surface area contributed by atoms with Gasteiger partial charge in [-0.15, -0.1) is 12.4 Å². The number of esters is 1. The summed E-state index contributed by atoms with van der Waals surface area (Å²) in [6.07, 6.45) is 1.02. The number of benzene rings is 2. The molecule has 212 valence electrons. The lowest BCUT2D eigenvalue weighted by molar-refractivity contribution is -0.149. The second-order valence-corrected chi connectivity index (χ2v) is 10.3. The van der Waals surface area contributed by atoms with E-state index in [4.69, 9.17) is 9.47 Å². The Balaban J connectivity index is 0.00000420. The number of hydrogen-bond acceptors (Lipinski definition) is 6. The van der Waals surface area contributed by atoms with Gasteiger partial charge in [0, 0.05) is 6.54 Å². The van der Waals surface area contributed by atoms with Crippen molar-refractivity contribution in [3.63, 3.8) is 0 Å². The van der Waals surface area contributed by atoms with Crippen LogP contribution in [0.25, 0.3) is 0 Å². The van der Waals surface area contributed by atoms with Gasteiger partial charge in [0.05, 0.1) is 12.5 Å². The van der Waals surface area contributed by atoms with E-state index in [-0.39, 0.29) is 23.9 Å². The average molecular weight is 566 g/mol. The molecule has 0 aliphatic carbocycles. The Morgan fingerprint density at radius 1 is 1.08 bits per heavy atom. The van der Waals surface area contributed by atoms with Crippen LogP contribution in [0.3, 0.4) is 0 Å². The second-order valence-electron chi connectivity index (χ2n) is 10.3. The molecule has 8 nitrogen and oxygen atoms in total. The van der Waals surface area contributed by atoms with Crippen LogP contribution in [0.2, 0.25) is 0 Å². The fourth-order valence-electron chi connectivity index (χ4n) is 5.48. The first kappa shape index (κ1) is 30.3. The number of amides is 3. The van der Waals surface area contributed by atoms with Crippen molar-refractivity contribution in [3.8, 4) is 0 Å². The van der Waals surface area contributed by atoms with Gasteiger partial charge in [0.1, 0.15) is 11.6 Å². The van der Waals surface area contributed by atoms with E-state index in [2.05, 4.69) is 10.2 Å². The maximum Gasteiger partial charge on any atom is 0.419 e. The molecule has 2 aliphatic rings. The quantitative estimate of drug-likeness (QED) is 0.377. The summed E-state index contributed by atoms with van der Waals surface area (Å²) in [6.45, 7) is 5.61. The maximum atomic E-state index is 13.9. The minimum absolute atomic E-state index is 0. The Kier molecular flexibility index (Phi) is 9.55. The lowest BCUT2D eigenvalue weighted by Crippen LogP contribution is -2.48. The van der Waals surface area contributed by atoms with Crippen LogP contribution in [0.1, 0.15) is 50.3 Å². The number of halogens is 3. The van der Waals surface area contributed by atoms with Gasteiger partial charge >= 0.3 is 18.1 Å². The Labute approximate surface area is 233 Å². The molecule has 39 heavy (non-hydrogen) atoms. The molecule has 1 unspecified atom stereocenters. The molecule has 0 spiro atoms. The highest BCUT2D eigenvalue weighted by molar-refractivity contribution is 5.93. The van der Waals surface area contributed by atoms with E-state index < -0.39 is 40.8 Å². The molecule has 0 saturated carbocycles. The summed E-state index contributed by atoms with van der Waals surface area (Å²) in [7, 11) is 1.41. The van der Waals surface area contributed by atoms with Gasteiger partial charge in [-0.2, -0.15) is 0 Å². The number of urea groups is 1. The topological polar surface area (TPSA) is 88.2 Å². The van der Waals surface area contributed by atoms with E-state index in [1.165, 1.54) is 13.2 Å². The lowest BCUT2D eigenvalue weighted by Gasteiger charge is -2.40. The zero-order valence-electron chi connectivity index (χ0n) is 22.2. The van der Waals surface area contributed by atoms with Gasteiger partial charge in [0.2, 0.25) is 0 Å². The molecule has 0 aromatic heterocycles. The van der Waals surface area contributed by atoms with E-state index in [1.54, 1.807) is 13.8 Å². The molecule has 2 fully saturated rings. The van der Waals surface area contributed by atoms with Crippen LogP contribution in [0.15, 0.2) is 48.5 Å². The van der Waals surface area contributed by atoms with E-state index >= 15 is 0 Å². The minimum atomic E-state index is -1.13. The Bertz CT molecular complexity index is 1190. The summed E-state index contributed by atoms with van der Waals surface area (Å²) in [5, 5.41) is 2.75. The first-order chi connectivity index (χ1) is 18.1. The molecule has 1 N–H and O–H groups in total. The molecule has 2 saturated heterocycles. The molecule has 0 bridgehead atoms. The van der Waals surface area contributed by atoms with Gasteiger partial charge in [-0.25, -0.2) is 23.3 Å². The summed E-state index contributed by atoms with van der Waals surface area (Å²) >= 11 is 0. The second kappa shape index (κ2) is 12.3. The van der Waals surface area contributed by atoms with Gasteiger partial charge in [-0.3, -0.25) is 4.79 Å². The van der Waals surface area contributed by atoms with E-state index in [0.717, 1.165) is 22.6 Å². The number of nitrogens with one attached hydrogen (secondary N) is 1. The number of piperidine rings is 1. The normalized spacial score (nSPS) is 20.1. The number of hydrogen-bond donors (Lipinski definition) is 1. The highest BCUT2D eigenvalue weighted by atomic mass is 35.5. The van der Waals surface area contributed by atoms with Crippen LogP contribution < -0.4 is 5.32 Å². The number of carbonyl (C=O) groups excluding carboxylic acids is 3. The van der Waals surface area contributed by atoms with Gasteiger partial charge < -0.3 is 19.7 Å². The molecule has 2 aliphatic heterocycles. The molecule has 2 aromatic carbocycles. The first-order valence-electron chi connectivity index (χ1n) is 12.7. The summed E-state index contributed by atoms with van der Waals surface area (Å²) in [4.78, 5) is 41.4. The fourth-order valence-corrected chi connectivity index (χ4v) is 5.48. The molecular weight excluding hydrogens is 532 g/mol. The third-order valence-electron chi connectivity index (χ3n) is 7.48. The number of methoxy groups -OCH3 is 1. The van der Waals surface area contributed by atoms with Gasteiger partial charge in [-0.05, 0) is 76.0 Å². The highest BCUT2D eigenvalue weighted by Gasteiger charge is 2.51. The third-order valence-corrected chi connectivity index (χ3v) is 7.48. The predicted octanol–water partition coefficient (Wildman–Crippen LogP) is 4.97. The monoisotopic (exact) mass is 565 g/mol. The fraction of sp³-hybridized carbons (Fsp3) is 0.464. The summed E-state index contributed by atoms with van der Waals surface area (Å²) < 4.78 is 37.9. The molecule has 0 radical (unpaired) electrons. The smallest absolute Gasteiger partial charge is 0.419 e. The zero-order valence-corrected chi connectivity index (χ0v) is 23.1. The van der Waals surface area contributed by atoms with Gasteiger partial charge in [0.15, 0.2) is 11.6 Å². The van der Waals surface area contributed by atoms with Gasteiger partial charge in [0.25, 0.3) is 0 Å². The molecule has 4 rings (SSSR count). The number of likely N-dealkylation sites (tertiary alicyclic amines) is 1. The van der Waals surface area contributed by atoms with Crippen LogP contribution in [0.4, 0.5) is 18.4 Å². The average Bonchev–Trinajstić information content (AvgIpc) is 3.16. The number of imide groups is 1. The van der Waals surface area contributed by atoms with E-state index in [9.17, 15) is 23.2 Å². The van der Waals surface area contributed by atoms with Crippen molar-refractivity contribution in [3.05, 3.63) is 71.3 Å². The number of carbonyl (C=O) groups is 3. The van der Waals surface area contributed by atoms with Crippen LogP contribution >= 0.6 is 12.4 Å². The maximum absolute atomic E-state index is 13.9. The van der Waals surface area contributed by atoms with Crippen LogP contribution in [0, 0.1) is 11.6 Å². The van der Waals surface area contributed by atoms with Crippen LogP contribution in [-0.4, -0.2) is 66.8 Å². The van der Waals surface area contributed by atoms with Crippen LogP contribution in [0.5, 0.6) is 0 Å². The van der Waals surface area contributed by atoms with Crippen molar-refractivity contribution in [1.82, 2.24) is 15.1 Å². The molecule has 2 aromatic rings. The molecule has 2 heterocycles. The van der Waals surface area contributed by atoms with Gasteiger partial charge in [-0.1, -0.05) is 36.4 Å². The van der Waals surface area contributed by atoms with Crippen molar-refractivity contribution in [2.75, 3.05) is 33.3 Å². The van der Waals surface area contributed by atoms with E-state index in [0.29, 0.717) is 45.4 Å². The SMILES string of the molecule is COC(=O)C1(c2ccccc2)CCN(CCCNC(=O)N2C(=O)OC(C)(C)C2c2ccc(F)c(F)c2)CC1.Cl. The molecule has 3 amide bonds. The summed E-state index contributed by atoms with van der Waals surface area (Å²) in [5.41, 5.74) is -0.582. The number of ether oxygens (including phenoxy) is 2. The summed E-state index contributed by atoms with van der Waals surface area (Å²) in [6, 6.07) is 11.4. The Morgan fingerprint density at radius 2 is 1.74 bits per heavy atom. The predicted molar refractivity (Wildman–Crippen MR) is 143 cm³/mol. The Morgan fingerprint density at radius 3 is 2.36 bits per heavy atom. The van der Waals surface area contributed by atoms with Crippen LogP contribution in [-0.2, 0) is 19.7 Å². The standard InChI is InChI=1S/C28H33F2N3O5.ClH/c1-27(2)23(19-10-11-21(29)22(30)18-19)33(26(36)38-27)25(35)31-14-7-15-32-16-12-28(13-17-32,24(34)37-3)20-8-5-4-6-9-20;/h4-6,8-11,18,23H,7,12-17H2,1-3H3,(H,31,35);1H. The number of cyclic esters (lactones) is 1. The van der Waals surface area contributed by atoms with Crippen molar-refractivity contribution < 1.29 is 32.6 Å². The third kappa shape index (κ3) is 6.17. The lowest BCUT2D eigenvalue weighted by atomic mass is 9.72. The Hall–Kier alpha value is -3.24. The van der Waals surface area contributed by atoms with Crippen molar-refractivity contribution in [2.45, 2.75) is 50.2 Å². The summed E-state index contributed by atoms with van der Waals surface area (Å²) in [5.74, 6) is -2.31. The number of nitrogens with zero attached hydrogens (tertiary/aromatic N) is 2. The molecule has 11 heteroatoms. The van der Waals surface area contributed by atoms with Crippen molar-refractivity contribution in [1.29, 1.82) is 0 Å². The first-order valence-corrected chi connectivity index (χ1v) is 12.7. The van der Waals surface area contributed by atoms with Crippen molar-refractivity contribution in [2.24, 2.45) is 0 Å². The minimum Gasteiger partial charge on any atom is -0.468 e. The largest absolute Gasteiger partial charge is 0.468 e.